The fraction of sp³-hybridized carbons (Fsp3) is 0.583. The maximum atomic E-state index is 14.0. The third-order valence-electron chi connectivity index (χ3n) is 6.60. The van der Waals surface area contributed by atoms with Crippen LogP contribution in [-0.2, 0) is 14.8 Å². The van der Waals surface area contributed by atoms with E-state index in [-0.39, 0.29) is 34.7 Å². The van der Waals surface area contributed by atoms with Gasteiger partial charge in [0.05, 0.1) is 23.5 Å². The van der Waals surface area contributed by atoms with E-state index in [1.165, 1.54) is 10.4 Å². The predicted octanol–water partition coefficient (Wildman–Crippen LogP) is 2.94. The number of nitrogens with two attached hydrogens (primary N) is 1. The molecule has 37 heavy (non-hydrogen) atoms. The molecule has 0 radical (unpaired) electrons. The van der Waals surface area contributed by atoms with E-state index in [2.05, 4.69) is 15.2 Å². The van der Waals surface area contributed by atoms with Gasteiger partial charge >= 0.3 is 0 Å². The molecule has 2 saturated heterocycles. The van der Waals surface area contributed by atoms with Gasteiger partial charge in [-0.1, -0.05) is 17.4 Å². The van der Waals surface area contributed by atoms with Crippen LogP contribution < -0.4 is 11.1 Å². The summed E-state index contributed by atoms with van der Waals surface area (Å²) < 4.78 is 61.1. The van der Waals surface area contributed by atoms with Crippen molar-refractivity contribution in [3.63, 3.8) is 0 Å². The third-order valence-corrected chi connectivity index (χ3v) is 9.55. The van der Waals surface area contributed by atoms with Crippen molar-refractivity contribution in [1.29, 1.82) is 0 Å². The number of ketones is 1. The van der Waals surface area contributed by atoms with E-state index in [4.69, 9.17) is 10.5 Å². The molecule has 0 saturated carbocycles. The second kappa shape index (κ2) is 11.7. The Bertz CT molecular complexity index is 1190. The number of piperidine rings is 1. The monoisotopic (exact) mass is 557 g/mol. The molecule has 2 aromatic rings. The van der Waals surface area contributed by atoms with Crippen LogP contribution in [0.5, 0.6) is 0 Å². The van der Waals surface area contributed by atoms with E-state index in [0.29, 0.717) is 37.5 Å². The normalized spacial score (nSPS) is 22.3. The molecule has 3 N–H and O–H groups in total. The summed E-state index contributed by atoms with van der Waals surface area (Å²) in [6, 6.07) is 3.14. The number of hydrogen-bond acceptors (Lipinski definition) is 9. The summed E-state index contributed by atoms with van der Waals surface area (Å²) in [7, 11) is -3.36. The molecule has 2 aliphatic heterocycles. The topological polar surface area (TPSA) is 118 Å². The number of sulfonamides is 1. The van der Waals surface area contributed by atoms with E-state index in [0.717, 1.165) is 43.1 Å². The Morgan fingerprint density at radius 1 is 1.19 bits per heavy atom. The van der Waals surface area contributed by atoms with E-state index >= 15 is 0 Å². The van der Waals surface area contributed by atoms with Crippen molar-refractivity contribution in [2.75, 3.05) is 49.5 Å². The first-order valence-corrected chi connectivity index (χ1v) is 14.8. The molecular formula is C24H33F2N5O4S2. The predicted molar refractivity (Wildman–Crippen MR) is 139 cm³/mol. The van der Waals surface area contributed by atoms with Crippen LogP contribution in [0.4, 0.5) is 19.7 Å². The van der Waals surface area contributed by atoms with Gasteiger partial charge in [0, 0.05) is 32.2 Å². The lowest BCUT2D eigenvalue weighted by molar-refractivity contribution is -0.0677. The molecule has 2 fully saturated rings. The molecule has 2 aliphatic rings. The number of nitrogens with one attached hydrogen (secondary N) is 1. The first kappa shape index (κ1) is 27.8. The summed E-state index contributed by atoms with van der Waals surface area (Å²) in [5, 5.41) is 3.55. The number of ether oxygens (including phenoxy) is 1. The van der Waals surface area contributed by atoms with Gasteiger partial charge in [-0.25, -0.2) is 26.5 Å². The van der Waals surface area contributed by atoms with Gasteiger partial charge in [-0.05, 0) is 51.8 Å². The molecule has 0 aliphatic carbocycles. The van der Waals surface area contributed by atoms with E-state index in [1.54, 1.807) is 0 Å². The van der Waals surface area contributed by atoms with Gasteiger partial charge in [-0.15, -0.1) is 0 Å². The van der Waals surface area contributed by atoms with Crippen molar-refractivity contribution < 1.29 is 26.7 Å². The Labute approximate surface area is 220 Å². The van der Waals surface area contributed by atoms with Crippen molar-refractivity contribution in [1.82, 2.24) is 14.2 Å². The van der Waals surface area contributed by atoms with Crippen LogP contribution in [0, 0.1) is 11.6 Å². The van der Waals surface area contributed by atoms with Crippen LogP contribution in [0.1, 0.15) is 48.3 Å². The Morgan fingerprint density at radius 3 is 2.43 bits per heavy atom. The minimum absolute atomic E-state index is 0.0458. The van der Waals surface area contributed by atoms with Crippen LogP contribution >= 0.6 is 11.3 Å². The summed E-state index contributed by atoms with van der Waals surface area (Å²) in [4.78, 5) is 19.0. The third kappa shape index (κ3) is 6.82. The fourth-order valence-electron chi connectivity index (χ4n) is 4.90. The van der Waals surface area contributed by atoms with Gasteiger partial charge in [-0.3, -0.25) is 9.69 Å². The van der Waals surface area contributed by atoms with E-state index in [9.17, 15) is 22.0 Å². The molecule has 0 spiro atoms. The van der Waals surface area contributed by atoms with E-state index < -0.39 is 33.0 Å². The van der Waals surface area contributed by atoms with Crippen molar-refractivity contribution in [2.45, 2.75) is 51.4 Å². The van der Waals surface area contributed by atoms with Crippen molar-refractivity contribution >= 4 is 38.1 Å². The average Bonchev–Trinajstić information content (AvgIpc) is 3.18. The molecule has 9 nitrogen and oxygen atoms in total. The first-order chi connectivity index (χ1) is 17.5. The molecule has 2 unspecified atom stereocenters. The summed E-state index contributed by atoms with van der Waals surface area (Å²) in [5.41, 5.74) is 5.21. The molecule has 1 aromatic carbocycles. The number of hydrogen-bond donors (Lipinski definition) is 2. The highest BCUT2D eigenvalue weighted by molar-refractivity contribution is 7.89. The second-order valence-corrected chi connectivity index (χ2v) is 12.8. The van der Waals surface area contributed by atoms with Gasteiger partial charge in [0.15, 0.2) is 5.13 Å². The SMILES string of the molecule is CC1CN(CCCS(=O)(=O)N2CCC(Nc3nc(N)c(C(=O)c4c(F)cccc4F)s3)CC2)CC(C)O1. The zero-order valence-electron chi connectivity index (χ0n) is 21.0. The standard InChI is InChI=1S/C24H33F2N5O4S2/c1-15-13-30(14-16(2)35-15)9-4-12-37(33,34)31-10-7-17(8-11-31)28-24-29-23(27)22(36-24)21(32)20-18(25)5-3-6-19(20)26/h3,5-6,15-17H,4,7-14,27H2,1-2H3,(H,28,29). The number of benzene rings is 1. The second-order valence-electron chi connectivity index (χ2n) is 9.66. The number of morpholine rings is 1. The number of halogens is 2. The molecule has 3 heterocycles. The highest BCUT2D eigenvalue weighted by atomic mass is 32.2. The van der Waals surface area contributed by atoms with Gasteiger partial charge in [-0.2, -0.15) is 0 Å². The minimum atomic E-state index is -3.36. The zero-order chi connectivity index (χ0) is 26.7. The summed E-state index contributed by atoms with van der Waals surface area (Å²) in [6.45, 7) is 7.14. The largest absolute Gasteiger partial charge is 0.382 e. The lowest BCUT2D eigenvalue weighted by Crippen LogP contribution is -2.46. The molecule has 13 heteroatoms. The Kier molecular flexibility index (Phi) is 8.79. The first-order valence-electron chi connectivity index (χ1n) is 12.4. The molecule has 204 valence electrons. The quantitative estimate of drug-likeness (QED) is 0.452. The van der Waals surface area contributed by atoms with Crippen LogP contribution in [0.3, 0.4) is 0 Å². The fourth-order valence-corrected chi connectivity index (χ4v) is 7.33. The summed E-state index contributed by atoms with van der Waals surface area (Å²) in [5.74, 6) is -2.79. The number of anilines is 2. The van der Waals surface area contributed by atoms with Gasteiger partial charge in [0.25, 0.3) is 0 Å². The molecule has 0 bridgehead atoms. The maximum Gasteiger partial charge on any atom is 0.214 e. The number of thiazole rings is 1. The lowest BCUT2D eigenvalue weighted by atomic mass is 10.1. The number of aromatic nitrogens is 1. The number of carbonyl (C=O) groups excluding carboxylic acids is 1. The van der Waals surface area contributed by atoms with E-state index in [1.807, 2.05) is 13.8 Å². The highest BCUT2D eigenvalue weighted by Crippen LogP contribution is 2.30. The number of nitrogens with zero attached hydrogens (tertiary/aromatic N) is 3. The van der Waals surface area contributed by atoms with Crippen LogP contribution in [0.15, 0.2) is 18.2 Å². The average molecular weight is 558 g/mol. The smallest absolute Gasteiger partial charge is 0.214 e. The number of rotatable bonds is 9. The Balaban J connectivity index is 1.28. The van der Waals surface area contributed by atoms with Crippen molar-refractivity contribution in [3.05, 3.63) is 40.3 Å². The molecular weight excluding hydrogens is 524 g/mol. The Hall–Kier alpha value is -2.19. The van der Waals surface area contributed by atoms with Crippen LogP contribution in [-0.4, -0.2) is 85.1 Å². The van der Waals surface area contributed by atoms with Gasteiger partial charge < -0.3 is 15.8 Å². The highest BCUT2D eigenvalue weighted by Gasteiger charge is 2.30. The summed E-state index contributed by atoms with van der Waals surface area (Å²) >= 11 is 0.929. The lowest BCUT2D eigenvalue weighted by Gasteiger charge is -2.35. The molecule has 0 amide bonds. The molecule has 1 aromatic heterocycles. The van der Waals surface area contributed by atoms with Gasteiger partial charge in [0.2, 0.25) is 15.8 Å². The number of carbonyl (C=O) groups is 1. The minimum Gasteiger partial charge on any atom is -0.382 e. The van der Waals surface area contributed by atoms with Crippen LogP contribution in [0.2, 0.25) is 0 Å². The summed E-state index contributed by atoms with van der Waals surface area (Å²) in [6.07, 6.45) is 1.98. The van der Waals surface area contributed by atoms with Gasteiger partial charge in [0.1, 0.15) is 22.3 Å². The zero-order valence-corrected chi connectivity index (χ0v) is 22.6. The molecule has 2 atom stereocenters. The van der Waals surface area contributed by atoms with Crippen molar-refractivity contribution in [2.24, 2.45) is 0 Å². The van der Waals surface area contributed by atoms with Crippen molar-refractivity contribution in [3.8, 4) is 0 Å². The maximum absolute atomic E-state index is 14.0. The molecule has 4 rings (SSSR count). The number of nitrogen functional groups attached to an aromatic ring is 1. The Morgan fingerprint density at radius 2 is 1.81 bits per heavy atom. The van der Waals surface area contributed by atoms with Crippen LogP contribution in [0.25, 0.3) is 0 Å².